The molecule has 0 unspecified atom stereocenters. The van der Waals surface area contributed by atoms with Gasteiger partial charge < -0.3 is 20.1 Å². The second-order valence-electron chi connectivity index (χ2n) is 7.59. The number of para-hydroxylation sites is 1. The number of nitrogens with one attached hydrogen (secondary N) is 1. The summed E-state index contributed by atoms with van der Waals surface area (Å²) in [5.74, 6) is 0.424. The lowest BCUT2D eigenvalue weighted by Gasteiger charge is -2.32. The number of likely N-dealkylation sites (tertiary alicyclic amines) is 1. The van der Waals surface area contributed by atoms with Gasteiger partial charge in [-0.3, -0.25) is 9.59 Å². The average Bonchev–Trinajstić information content (AvgIpc) is 2.71. The highest BCUT2D eigenvalue weighted by Crippen LogP contribution is 2.25. The van der Waals surface area contributed by atoms with Crippen molar-refractivity contribution in [1.29, 1.82) is 0 Å². The normalized spacial score (nSPS) is 14.5. The molecular formula is C23H28N2O4. The number of ether oxygens (including phenoxy) is 1. The fourth-order valence-electron chi connectivity index (χ4n) is 3.61. The van der Waals surface area contributed by atoms with Gasteiger partial charge in [-0.25, -0.2) is 0 Å². The molecule has 0 saturated carbocycles. The van der Waals surface area contributed by atoms with E-state index in [0.717, 1.165) is 22.4 Å². The molecule has 0 aromatic heterocycles. The van der Waals surface area contributed by atoms with Crippen molar-refractivity contribution in [3.05, 3.63) is 58.7 Å². The molecule has 0 spiro atoms. The first kappa shape index (κ1) is 20.7. The number of aromatic hydroxyl groups is 1. The van der Waals surface area contributed by atoms with Gasteiger partial charge in [0.25, 0.3) is 11.8 Å². The molecule has 1 aliphatic rings. The minimum atomic E-state index is -0.179. The quantitative estimate of drug-likeness (QED) is 0.814. The van der Waals surface area contributed by atoms with Crippen molar-refractivity contribution in [2.24, 2.45) is 0 Å². The topological polar surface area (TPSA) is 78.9 Å². The molecule has 2 N–H and O–H groups in total. The molecule has 1 fully saturated rings. The van der Waals surface area contributed by atoms with Crippen LogP contribution in [-0.2, 0) is 4.79 Å². The van der Waals surface area contributed by atoms with Gasteiger partial charge in [0.15, 0.2) is 6.61 Å². The summed E-state index contributed by atoms with van der Waals surface area (Å²) in [6.45, 7) is 7.03. The summed E-state index contributed by atoms with van der Waals surface area (Å²) >= 11 is 0. The Labute approximate surface area is 171 Å². The predicted octanol–water partition coefficient (Wildman–Crippen LogP) is 3.12. The molecule has 1 saturated heterocycles. The Bertz CT molecular complexity index is 902. The van der Waals surface area contributed by atoms with Gasteiger partial charge in [0.2, 0.25) is 0 Å². The molecular weight excluding hydrogens is 368 g/mol. The summed E-state index contributed by atoms with van der Waals surface area (Å²) < 4.78 is 5.78. The molecule has 0 atom stereocenters. The Morgan fingerprint density at radius 2 is 1.72 bits per heavy atom. The van der Waals surface area contributed by atoms with Crippen LogP contribution in [0.15, 0.2) is 36.4 Å². The highest BCUT2D eigenvalue weighted by Gasteiger charge is 2.26. The first-order chi connectivity index (χ1) is 13.9. The van der Waals surface area contributed by atoms with Crippen LogP contribution in [0.25, 0.3) is 0 Å². The van der Waals surface area contributed by atoms with Gasteiger partial charge in [-0.2, -0.15) is 0 Å². The van der Waals surface area contributed by atoms with Crippen molar-refractivity contribution in [3.8, 4) is 11.5 Å². The minimum Gasteiger partial charge on any atom is -0.507 e. The number of phenols is 1. The zero-order valence-electron chi connectivity index (χ0n) is 17.2. The van der Waals surface area contributed by atoms with E-state index in [1.807, 2.05) is 32.9 Å². The summed E-state index contributed by atoms with van der Waals surface area (Å²) in [5, 5.41) is 12.9. The zero-order valence-corrected chi connectivity index (χ0v) is 17.2. The van der Waals surface area contributed by atoms with Gasteiger partial charge in [0.05, 0.1) is 5.56 Å². The van der Waals surface area contributed by atoms with E-state index >= 15 is 0 Å². The van der Waals surface area contributed by atoms with E-state index in [0.29, 0.717) is 31.5 Å². The van der Waals surface area contributed by atoms with Crippen LogP contribution in [0.5, 0.6) is 11.5 Å². The second kappa shape index (κ2) is 8.99. The minimum absolute atomic E-state index is 0.00758. The Kier molecular flexibility index (Phi) is 6.42. The number of amides is 2. The van der Waals surface area contributed by atoms with Crippen LogP contribution >= 0.6 is 0 Å². The fourth-order valence-corrected chi connectivity index (χ4v) is 3.61. The number of hydrogen-bond acceptors (Lipinski definition) is 4. The van der Waals surface area contributed by atoms with Crippen LogP contribution in [0.2, 0.25) is 0 Å². The van der Waals surface area contributed by atoms with Crippen LogP contribution in [-0.4, -0.2) is 47.6 Å². The van der Waals surface area contributed by atoms with E-state index in [-0.39, 0.29) is 30.2 Å². The Morgan fingerprint density at radius 3 is 2.41 bits per heavy atom. The highest BCUT2D eigenvalue weighted by atomic mass is 16.5. The first-order valence-electron chi connectivity index (χ1n) is 9.93. The molecule has 0 bridgehead atoms. The summed E-state index contributed by atoms with van der Waals surface area (Å²) in [6, 6.07) is 10.6. The molecule has 2 aromatic rings. The average molecular weight is 396 g/mol. The summed E-state index contributed by atoms with van der Waals surface area (Å²) in [6.07, 6.45) is 1.35. The third kappa shape index (κ3) is 4.88. The van der Waals surface area contributed by atoms with Crippen LogP contribution in [0, 0.1) is 20.8 Å². The molecule has 2 aromatic carbocycles. The number of hydrogen-bond donors (Lipinski definition) is 2. The van der Waals surface area contributed by atoms with E-state index in [1.165, 1.54) is 6.07 Å². The molecule has 0 aliphatic carbocycles. The molecule has 6 heteroatoms. The number of phenolic OH excluding ortho intramolecular Hbond substituents is 1. The highest BCUT2D eigenvalue weighted by molar-refractivity contribution is 5.96. The number of carbonyl (C=O) groups excluding carboxylic acids is 2. The first-order valence-corrected chi connectivity index (χ1v) is 9.93. The number of nitrogens with zero attached hydrogens (tertiary/aromatic N) is 1. The van der Waals surface area contributed by atoms with Gasteiger partial charge in [-0.15, -0.1) is 0 Å². The van der Waals surface area contributed by atoms with E-state index in [1.54, 1.807) is 23.1 Å². The smallest absolute Gasteiger partial charge is 0.258 e. The van der Waals surface area contributed by atoms with Crippen molar-refractivity contribution in [2.45, 2.75) is 39.7 Å². The number of aryl methyl sites for hydroxylation is 2. The maximum Gasteiger partial charge on any atom is 0.258 e. The number of benzene rings is 2. The number of piperidine rings is 1. The van der Waals surface area contributed by atoms with Crippen molar-refractivity contribution in [3.63, 3.8) is 0 Å². The molecule has 3 rings (SSSR count). The molecule has 6 nitrogen and oxygen atoms in total. The lowest BCUT2D eigenvalue weighted by Crippen LogP contribution is -2.47. The third-order valence-electron chi connectivity index (χ3n) is 5.50. The van der Waals surface area contributed by atoms with E-state index < -0.39 is 0 Å². The zero-order chi connectivity index (χ0) is 21.0. The van der Waals surface area contributed by atoms with E-state index in [9.17, 15) is 14.7 Å². The Hall–Kier alpha value is -3.02. The predicted molar refractivity (Wildman–Crippen MR) is 111 cm³/mol. The maximum atomic E-state index is 12.6. The lowest BCUT2D eigenvalue weighted by atomic mass is 10.0. The molecule has 1 aliphatic heterocycles. The monoisotopic (exact) mass is 396 g/mol. The molecule has 1 heterocycles. The van der Waals surface area contributed by atoms with E-state index in [4.69, 9.17) is 4.74 Å². The standard InChI is InChI=1S/C23H28N2O4/c1-15-8-9-16(2)22(17(15)3)29-14-21(27)24-18-10-12-25(13-11-18)23(28)19-6-4-5-7-20(19)26/h4-9,18,26H,10-14H2,1-3H3,(H,24,27). The van der Waals surface area contributed by atoms with Gasteiger partial charge in [-0.1, -0.05) is 24.3 Å². The number of rotatable bonds is 5. The van der Waals surface area contributed by atoms with Crippen LogP contribution < -0.4 is 10.1 Å². The van der Waals surface area contributed by atoms with Crippen molar-refractivity contribution < 1.29 is 19.4 Å². The molecule has 0 radical (unpaired) electrons. The third-order valence-corrected chi connectivity index (χ3v) is 5.50. The summed E-state index contributed by atoms with van der Waals surface area (Å²) in [5.41, 5.74) is 3.51. The van der Waals surface area contributed by atoms with Gasteiger partial charge in [0.1, 0.15) is 11.5 Å². The Balaban J connectivity index is 1.48. The fraction of sp³-hybridized carbons (Fsp3) is 0.391. The maximum absolute atomic E-state index is 12.6. The largest absolute Gasteiger partial charge is 0.507 e. The number of carbonyl (C=O) groups is 2. The van der Waals surface area contributed by atoms with Gasteiger partial charge in [0, 0.05) is 19.1 Å². The Morgan fingerprint density at radius 1 is 1.07 bits per heavy atom. The van der Waals surface area contributed by atoms with Crippen molar-refractivity contribution >= 4 is 11.8 Å². The summed E-state index contributed by atoms with van der Waals surface area (Å²) in [4.78, 5) is 26.6. The van der Waals surface area contributed by atoms with Gasteiger partial charge in [-0.05, 0) is 62.4 Å². The van der Waals surface area contributed by atoms with Crippen LogP contribution in [0.1, 0.15) is 39.9 Å². The van der Waals surface area contributed by atoms with E-state index in [2.05, 4.69) is 5.32 Å². The summed E-state index contributed by atoms with van der Waals surface area (Å²) in [7, 11) is 0. The molecule has 29 heavy (non-hydrogen) atoms. The molecule has 154 valence electrons. The van der Waals surface area contributed by atoms with Crippen LogP contribution in [0.4, 0.5) is 0 Å². The van der Waals surface area contributed by atoms with Crippen molar-refractivity contribution in [2.75, 3.05) is 19.7 Å². The molecule has 2 amide bonds. The van der Waals surface area contributed by atoms with Crippen LogP contribution in [0.3, 0.4) is 0 Å². The SMILES string of the molecule is Cc1ccc(C)c(OCC(=O)NC2CCN(C(=O)c3ccccc3O)CC2)c1C. The van der Waals surface area contributed by atoms with Gasteiger partial charge >= 0.3 is 0 Å². The van der Waals surface area contributed by atoms with Crippen molar-refractivity contribution in [1.82, 2.24) is 10.2 Å². The second-order valence-corrected chi connectivity index (χ2v) is 7.59. The lowest BCUT2D eigenvalue weighted by molar-refractivity contribution is -0.124.